The minimum atomic E-state index is -5.64. The molecule has 2 aromatic rings. The number of ether oxygens (including phenoxy) is 5. The van der Waals surface area contributed by atoms with Gasteiger partial charge in [-0.1, -0.05) is 13.8 Å². The van der Waals surface area contributed by atoms with Crippen molar-refractivity contribution < 1.29 is 80.6 Å². The van der Waals surface area contributed by atoms with Crippen molar-refractivity contribution in [1.82, 2.24) is 19.5 Å². The molecule has 0 bridgehead atoms. The van der Waals surface area contributed by atoms with E-state index in [1.54, 1.807) is 13.8 Å². The smallest absolute Gasteiger partial charge is 0.462 e. The molecule has 0 saturated carbocycles. The van der Waals surface area contributed by atoms with Crippen molar-refractivity contribution >= 4 is 50.5 Å². The van der Waals surface area contributed by atoms with Gasteiger partial charge in [-0.25, -0.2) is 24.1 Å². The maximum atomic E-state index is 13.0. The number of carbonyl (C=O) groups is 3. The van der Waals surface area contributed by atoms with Gasteiger partial charge in [-0.15, -0.1) is 0 Å². The molecule has 0 aliphatic carbocycles. The van der Waals surface area contributed by atoms with Crippen LogP contribution < -0.4 is 5.73 Å². The van der Waals surface area contributed by atoms with Crippen LogP contribution in [0.5, 0.6) is 0 Å². The van der Waals surface area contributed by atoms with E-state index in [4.69, 9.17) is 38.5 Å². The highest BCUT2D eigenvalue weighted by atomic mass is 31.3. The summed E-state index contributed by atoms with van der Waals surface area (Å²) in [6, 6.07) is 0. The van der Waals surface area contributed by atoms with Crippen molar-refractivity contribution in [3.05, 3.63) is 12.7 Å². The van der Waals surface area contributed by atoms with Gasteiger partial charge in [0.2, 0.25) is 6.29 Å². The van der Waals surface area contributed by atoms with E-state index in [0.717, 1.165) is 27.1 Å². The Kier molecular flexibility index (Phi) is 12.1. The zero-order chi connectivity index (χ0) is 36.4. The maximum absolute atomic E-state index is 13.0. The Morgan fingerprint density at radius 2 is 1.67 bits per heavy atom. The number of hydrogen-bond acceptors (Lipinski definition) is 19. The second-order valence-electron chi connectivity index (χ2n) is 11.3. The maximum Gasteiger partial charge on any atom is 0.483 e. The predicted octanol–water partition coefficient (Wildman–Crippen LogP) is -0.298. The van der Waals surface area contributed by atoms with Crippen molar-refractivity contribution in [3.63, 3.8) is 0 Å². The Hall–Kier alpha value is -3.14. The number of nitrogens with two attached hydrogens (primary N) is 1. The number of nitrogens with zero attached hydrogens (tertiary/aromatic N) is 4. The topological polar surface area (TPSA) is 310 Å². The predicted molar refractivity (Wildman–Crippen MR) is 158 cm³/mol. The largest absolute Gasteiger partial charge is 0.483 e. The number of nitrogen functional groups attached to an aromatic ring is 1. The Morgan fingerprint density at radius 3 is 2.31 bits per heavy atom. The lowest BCUT2D eigenvalue weighted by molar-refractivity contribution is -0.270. The fraction of sp³-hybridized carbons (Fsp3) is 0.680. The zero-order valence-electron chi connectivity index (χ0n) is 26.7. The fourth-order valence-corrected chi connectivity index (χ4v) is 7.45. The molecular formula is C25H37N5O17P2. The lowest BCUT2D eigenvalue weighted by atomic mass is 9.81. The molecule has 2 saturated heterocycles. The third kappa shape index (κ3) is 9.35. The van der Waals surface area contributed by atoms with E-state index in [1.807, 2.05) is 0 Å². The van der Waals surface area contributed by atoms with E-state index >= 15 is 0 Å². The molecule has 0 aromatic carbocycles. The van der Waals surface area contributed by atoms with E-state index in [2.05, 4.69) is 19.3 Å². The number of aromatic nitrogens is 4. The van der Waals surface area contributed by atoms with Crippen LogP contribution in [0.15, 0.2) is 12.7 Å². The lowest BCUT2D eigenvalue weighted by Gasteiger charge is -2.45. The highest BCUT2D eigenvalue weighted by Gasteiger charge is 2.52. The first-order chi connectivity index (χ1) is 22.8. The number of fused-ring (bicyclic) bond motifs is 1. The van der Waals surface area contributed by atoms with Crippen LogP contribution >= 0.6 is 15.6 Å². The number of carbonyl (C=O) groups excluding carboxylic acids is 3. The number of rotatable bonds is 13. The number of aliphatic hydroxyl groups excluding tert-OH is 2. The Bertz CT molecular complexity index is 1630. The second-order valence-corrected chi connectivity index (χ2v) is 14.3. The Morgan fingerprint density at radius 1 is 0.980 bits per heavy atom. The van der Waals surface area contributed by atoms with Crippen molar-refractivity contribution in [1.29, 1.82) is 0 Å². The van der Waals surface area contributed by atoms with Gasteiger partial charge in [-0.3, -0.25) is 28.0 Å². The highest BCUT2D eigenvalue weighted by molar-refractivity contribution is 7.61. The first-order valence-electron chi connectivity index (χ1n) is 14.6. The number of phosphoric acid groups is 2. The average molecular weight is 742 g/mol. The summed E-state index contributed by atoms with van der Waals surface area (Å²) in [5, 5.41) is 21.1. The van der Waals surface area contributed by atoms with E-state index in [9.17, 15) is 43.5 Å². The van der Waals surface area contributed by atoms with Crippen LogP contribution in [-0.4, -0.2) is 114 Å². The van der Waals surface area contributed by atoms with Gasteiger partial charge in [0.1, 0.15) is 42.9 Å². The van der Waals surface area contributed by atoms with Crippen molar-refractivity contribution in [3.8, 4) is 0 Å². The molecule has 2 aliphatic heterocycles. The standard InChI is InChI=1S/C25H37N5O17P2/c1-10-11(2)21(43-14(5)33)25(45-20(10)16(42-13(4)32)6-40-12(3)31)46-49(38,39)47-48(36,37)41-7-15-18(34)19(35)24(44-15)30-9-29-17-22(26)27-8-28-23(17)30/h8-11,15-16,18-21,24-25,34-35H,6-7H2,1-5H3,(H,36,37)(H,38,39)(H2,26,27,28)/t10-,11-,15+,16-,18?,19-,20?,21?,24+,25-/m0/s1. The van der Waals surface area contributed by atoms with Crippen LogP contribution in [0.1, 0.15) is 40.8 Å². The molecule has 22 nitrogen and oxygen atoms in total. The normalized spacial score (nSPS) is 31.7. The highest BCUT2D eigenvalue weighted by Crippen LogP contribution is 2.62. The van der Waals surface area contributed by atoms with Crippen LogP contribution in [0.25, 0.3) is 11.2 Å². The molecule has 0 radical (unpaired) electrons. The number of imidazole rings is 1. The minimum Gasteiger partial charge on any atom is -0.462 e. The Balaban J connectivity index is 1.45. The van der Waals surface area contributed by atoms with Crippen LogP contribution in [0.4, 0.5) is 5.82 Å². The summed E-state index contributed by atoms with van der Waals surface area (Å²) in [6.45, 7) is 5.01. The van der Waals surface area contributed by atoms with E-state index in [1.165, 1.54) is 10.9 Å². The van der Waals surface area contributed by atoms with Gasteiger partial charge in [0.15, 0.2) is 29.9 Å². The van der Waals surface area contributed by atoms with E-state index in [-0.39, 0.29) is 17.0 Å². The summed E-state index contributed by atoms with van der Waals surface area (Å²) >= 11 is 0. The van der Waals surface area contributed by atoms with Gasteiger partial charge < -0.3 is 49.4 Å². The van der Waals surface area contributed by atoms with Gasteiger partial charge in [0, 0.05) is 26.7 Å². The molecule has 274 valence electrons. The summed E-state index contributed by atoms with van der Waals surface area (Å²) < 4.78 is 68.2. The van der Waals surface area contributed by atoms with Crippen LogP contribution in [0.2, 0.25) is 0 Å². The average Bonchev–Trinajstić information content (AvgIpc) is 3.54. The third-order valence-electron chi connectivity index (χ3n) is 7.71. The lowest BCUT2D eigenvalue weighted by Crippen LogP contribution is -2.56. The number of esters is 3. The second kappa shape index (κ2) is 15.4. The molecule has 12 atom stereocenters. The molecule has 6 N–H and O–H groups in total. The van der Waals surface area contributed by atoms with E-state index < -0.39 is 108 Å². The molecule has 5 unspecified atom stereocenters. The number of anilines is 1. The monoisotopic (exact) mass is 741 g/mol. The van der Waals surface area contributed by atoms with Crippen LogP contribution in [0, 0.1) is 11.8 Å². The summed E-state index contributed by atoms with van der Waals surface area (Å²) in [5.41, 5.74) is 6.10. The fourth-order valence-electron chi connectivity index (χ4n) is 5.30. The SMILES string of the molecule is CC(=O)OC[C@H](OC(C)=O)C1O[C@@H](OP(=O)(O)OP(=O)(O)OC[C@H]2O[C@@H](n3cnc4c(N)ncnc43)[C@@H](O)C2O)C(OC(C)=O)[C@@H](C)[C@@H]1C. The summed E-state index contributed by atoms with van der Waals surface area (Å²) in [4.78, 5) is 67.8. The molecule has 24 heteroatoms. The number of hydrogen-bond donors (Lipinski definition) is 5. The molecule has 0 amide bonds. The van der Waals surface area contributed by atoms with Gasteiger partial charge >= 0.3 is 33.6 Å². The Labute approximate surface area is 277 Å². The molecule has 2 aliphatic rings. The number of aliphatic hydroxyl groups is 2. The summed E-state index contributed by atoms with van der Waals surface area (Å²) in [7, 11) is -11.1. The van der Waals surface area contributed by atoms with Crippen molar-refractivity contribution in [2.45, 2.75) is 83.8 Å². The van der Waals surface area contributed by atoms with Crippen molar-refractivity contribution in [2.75, 3.05) is 18.9 Å². The molecule has 0 spiro atoms. The van der Waals surface area contributed by atoms with Crippen molar-refractivity contribution in [2.24, 2.45) is 11.8 Å². The quantitative estimate of drug-likeness (QED) is 0.0999. The van der Waals surface area contributed by atoms with Crippen LogP contribution in [0.3, 0.4) is 0 Å². The van der Waals surface area contributed by atoms with Gasteiger partial charge in [0.05, 0.1) is 12.9 Å². The van der Waals surface area contributed by atoms with E-state index in [0.29, 0.717) is 0 Å². The molecule has 4 heterocycles. The van der Waals surface area contributed by atoms with Gasteiger partial charge in [0.25, 0.3) is 0 Å². The molecule has 4 rings (SSSR count). The third-order valence-corrected chi connectivity index (χ3v) is 10.3. The minimum absolute atomic E-state index is 0.0363. The molecule has 2 fully saturated rings. The molecule has 49 heavy (non-hydrogen) atoms. The summed E-state index contributed by atoms with van der Waals surface area (Å²) in [5.74, 6) is -3.62. The zero-order valence-corrected chi connectivity index (χ0v) is 28.5. The van der Waals surface area contributed by atoms with Gasteiger partial charge in [-0.2, -0.15) is 4.31 Å². The summed E-state index contributed by atoms with van der Waals surface area (Å²) in [6.07, 6.45) is -9.53. The van der Waals surface area contributed by atoms with Gasteiger partial charge in [-0.05, 0) is 5.92 Å². The first kappa shape index (κ1) is 38.7. The molecule has 2 aromatic heterocycles. The molecular weight excluding hydrogens is 704 g/mol. The number of phosphoric ester groups is 2. The van der Waals surface area contributed by atoms with Crippen LogP contribution in [-0.2, 0) is 60.6 Å². The first-order valence-corrected chi connectivity index (χ1v) is 17.6.